The van der Waals surface area contributed by atoms with E-state index in [1.54, 1.807) is 38.2 Å². The van der Waals surface area contributed by atoms with E-state index in [1.807, 2.05) is 18.2 Å². The highest BCUT2D eigenvalue weighted by atomic mass is 16.4. The van der Waals surface area contributed by atoms with Crippen LogP contribution >= 0.6 is 0 Å². The van der Waals surface area contributed by atoms with Gasteiger partial charge in [-0.25, -0.2) is 4.79 Å². The lowest BCUT2D eigenvalue weighted by atomic mass is 10.0. The Labute approximate surface area is 247 Å². The fraction of sp³-hybridized carbons (Fsp3) is 0.367. The number of aliphatic carboxylic acids is 2. The number of aromatic amines is 1. The van der Waals surface area contributed by atoms with Gasteiger partial charge in [-0.2, -0.15) is 0 Å². The molecule has 13 heteroatoms. The fourth-order valence-corrected chi connectivity index (χ4v) is 4.45. The summed E-state index contributed by atoms with van der Waals surface area (Å²) in [4.78, 5) is 66.0. The number of fused-ring (bicyclic) bond motifs is 1. The number of phenols is 1. The summed E-state index contributed by atoms with van der Waals surface area (Å²) in [6.07, 6.45) is 0.712. The van der Waals surface area contributed by atoms with Crippen LogP contribution in [0.5, 0.6) is 5.75 Å². The van der Waals surface area contributed by atoms with Crippen LogP contribution in [0.25, 0.3) is 10.9 Å². The van der Waals surface area contributed by atoms with Gasteiger partial charge in [-0.3, -0.25) is 19.2 Å². The van der Waals surface area contributed by atoms with E-state index in [-0.39, 0.29) is 30.9 Å². The molecule has 3 aromatic rings. The Morgan fingerprint density at radius 2 is 1.42 bits per heavy atom. The van der Waals surface area contributed by atoms with Crippen molar-refractivity contribution >= 4 is 40.6 Å². The number of H-pyrrole nitrogens is 1. The lowest BCUT2D eigenvalue weighted by Gasteiger charge is -2.26. The molecule has 0 aliphatic carbocycles. The molecule has 0 fully saturated rings. The van der Waals surface area contributed by atoms with Gasteiger partial charge in [0.1, 0.15) is 23.9 Å². The van der Waals surface area contributed by atoms with E-state index >= 15 is 0 Å². The second-order valence-corrected chi connectivity index (χ2v) is 10.7. The Bertz CT molecular complexity index is 1450. The average molecular weight is 596 g/mol. The standard InChI is InChI=1S/C30H37N5O8/c1-16(2)26(31)29(41)34-23(13-17-7-9-19(36)10-8-17)28(40)33-22(11-12-25(37)38)27(39)35-24(30(42)43)14-18-15-32-21-6-4-3-5-20(18)21/h3-10,15-16,22-24,26,32,36H,11-14,31H2,1-2H3,(H,33,40)(H,34,41)(H,35,39)(H,37,38)(H,42,43). The Balaban J connectivity index is 1.81. The zero-order valence-electron chi connectivity index (χ0n) is 23.9. The summed E-state index contributed by atoms with van der Waals surface area (Å²) in [5, 5.41) is 37.0. The van der Waals surface area contributed by atoms with Crippen molar-refractivity contribution in [2.45, 2.75) is 63.7 Å². The first-order valence-corrected chi connectivity index (χ1v) is 13.8. The summed E-state index contributed by atoms with van der Waals surface area (Å²) in [6, 6.07) is 8.24. The van der Waals surface area contributed by atoms with Gasteiger partial charge in [0.25, 0.3) is 0 Å². The van der Waals surface area contributed by atoms with Crippen LogP contribution in [0, 0.1) is 5.92 Å². The first-order valence-electron chi connectivity index (χ1n) is 13.8. The minimum absolute atomic E-state index is 0.00152. The van der Waals surface area contributed by atoms with Gasteiger partial charge >= 0.3 is 11.9 Å². The van der Waals surface area contributed by atoms with Crippen LogP contribution in [0.15, 0.2) is 54.7 Å². The van der Waals surface area contributed by atoms with Gasteiger partial charge in [-0.1, -0.05) is 44.2 Å². The normalized spacial score (nSPS) is 14.0. The smallest absolute Gasteiger partial charge is 0.326 e. The van der Waals surface area contributed by atoms with E-state index in [9.17, 15) is 39.3 Å². The second kappa shape index (κ2) is 14.8. The molecule has 3 rings (SSSR count). The second-order valence-electron chi connectivity index (χ2n) is 10.7. The van der Waals surface area contributed by atoms with E-state index in [2.05, 4.69) is 20.9 Å². The summed E-state index contributed by atoms with van der Waals surface area (Å²) < 4.78 is 0. The van der Waals surface area contributed by atoms with E-state index in [0.717, 1.165) is 10.9 Å². The monoisotopic (exact) mass is 595 g/mol. The predicted octanol–water partition coefficient (Wildman–Crippen LogP) is 1.05. The van der Waals surface area contributed by atoms with Gasteiger partial charge < -0.3 is 42.0 Å². The number of phenolic OH excluding ortho intramolecular Hbond substituents is 1. The minimum Gasteiger partial charge on any atom is -0.508 e. The number of benzene rings is 2. The zero-order valence-corrected chi connectivity index (χ0v) is 23.9. The van der Waals surface area contributed by atoms with Gasteiger partial charge in [-0.15, -0.1) is 0 Å². The van der Waals surface area contributed by atoms with Crippen LogP contribution in [0.4, 0.5) is 0 Å². The molecule has 1 aromatic heterocycles. The maximum atomic E-state index is 13.5. The van der Waals surface area contributed by atoms with Crippen molar-refractivity contribution < 1.29 is 39.3 Å². The van der Waals surface area contributed by atoms with Gasteiger partial charge in [0.2, 0.25) is 17.7 Å². The molecular weight excluding hydrogens is 558 g/mol. The average Bonchev–Trinajstić information content (AvgIpc) is 3.37. The number of hydrogen-bond donors (Lipinski definition) is 8. The molecule has 0 aliphatic heterocycles. The number of carboxylic acid groups (broad SMARTS) is 2. The van der Waals surface area contributed by atoms with E-state index in [0.29, 0.717) is 11.1 Å². The largest absolute Gasteiger partial charge is 0.508 e. The van der Waals surface area contributed by atoms with Crippen molar-refractivity contribution in [3.63, 3.8) is 0 Å². The van der Waals surface area contributed by atoms with Crippen LogP contribution < -0.4 is 21.7 Å². The summed E-state index contributed by atoms with van der Waals surface area (Å²) in [6.45, 7) is 3.47. The van der Waals surface area contributed by atoms with Crippen LogP contribution in [-0.4, -0.2) is 74.1 Å². The van der Waals surface area contributed by atoms with Crippen LogP contribution in [0.3, 0.4) is 0 Å². The molecule has 0 radical (unpaired) electrons. The molecule has 0 saturated heterocycles. The zero-order chi connectivity index (χ0) is 31.7. The quantitative estimate of drug-likeness (QED) is 0.125. The number of nitrogens with one attached hydrogen (secondary N) is 4. The number of carboxylic acids is 2. The third kappa shape index (κ3) is 9.30. The molecule has 3 amide bonds. The molecule has 9 N–H and O–H groups in total. The summed E-state index contributed by atoms with van der Waals surface area (Å²) >= 11 is 0. The van der Waals surface area contributed by atoms with Crippen molar-refractivity contribution in [2.24, 2.45) is 11.7 Å². The van der Waals surface area contributed by atoms with Crippen LogP contribution in [0.2, 0.25) is 0 Å². The van der Waals surface area contributed by atoms with Crippen molar-refractivity contribution in [3.05, 3.63) is 65.9 Å². The summed E-state index contributed by atoms with van der Waals surface area (Å²) in [5.74, 6) is -5.08. The maximum absolute atomic E-state index is 13.5. The number of hydrogen-bond acceptors (Lipinski definition) is 7. The molecule has 43 heavy (non-hydrogen) atoms. The number of aromatic nitrogens is 1. The molecule has 230 valence electrons. The van der Waals surface area contributed by atoms with Gasteiger partial charge in [0, 0.05) is 36.4 Å². The molecule has 0 aliphatic rings. The van der Waals surface area contributed by atoms with Crippen molar-refractivity contribution in [3.8, 4) is 5.75 Å². The number of carbonyl (C=O) groups excluding carboxylic acids is 3. The molecule has 0 saturated carbocycles. The number of para-hydroxylation sites is 1. The third-order valence-corrected chi connectivity index (χ3v) is 7.02. The maximum Gasteiger partial charge on any atom is 0.326 e. The first-order chi connectivity index (χ1) is 20.3. The van der Waals surface area contributed by atoms with E-state index in [4.69, 9.17) is 5.73 Å². The summed E-state index contributed by atoms with van der Waals surface area (Å²) in [7, 11) is 0. The van der Waals surface area contributed by atoms with Crippen LogP contribution in [0.1, 0.15) is 37.8 Å². The number of carbonyl (C=O) groups is 5. The van der Waals surface area contributed by atoms with E-state index < -0.39 is 60.2 Å². The van der Waals surface area contributed by atoms with Crippen LogP contribution in [-0.2, 0) is 36.8 Å². The molecular formula is C30H37N5O8. The highest BCUT2D eigenvalue weighted by Crippen LogP contribution is 2.19. The number of nitrogens with two attached hydrogens (primary N) is 1. The SMILES string of the molecule is CC(C)C(N)C(=O)NC(Cc1ccc(O)cc1)C(=O)NC(CCC(=O)O)C(=O)NC(Cc1c[nH]c2ccccc12)C(=O)O. The lowest BCUT2D eigenvalue weighted by molar-refractivity contribution is -0.143. The third-order valence-electron chi connectivity index (χ3n) is 7.02. The Morgan fingerprint density at radius 1 is 0.814 bits per heavy atom. The molecule has 0 bridgehead atoms. The molecule has 1 heterocycles. The predicted molar refractivity (Wildman–Crippen MR) is 157 cm³/mol. The molecule has 0 spiro atoms. The number of rotatable bonds is 15. The summed E-state index contributed by atoms with van der Waals surface area (Å²) in [5.41, 5.74) is 7.97. The van der Waals surface area contributed by atoms with Gasteiger partial charge in [0.15, 0.2) is 0 Å². The van der Waals surface area contributed by atoms with E-state index in [1.165, 1.54) is 12.1 Å². The minimum atomic E-state index is -1.42. The highest BCUT2D eigenvalue weighted by Gasteiger charge is 2.31. The Hall–Kier alpha value is -4.91. The van der Waals surface area contributed by atoms with Crippen molar-refractivity contribution in [1.29, 1.82) is 0 Å². The first kappa shape index (κ1) is 32.6. The molecule has 13 nitrogen and oxygen atoms in total. The Kier molecular flexibility index (Phi) is 11.2. The molecule has 4 atom stereocenters. The lowest BCUT2D eigenvalue weighted by Crippen LogP contribution is -2.58. The number of amides is 3. The number of aromatic hydroxyl groups is 1. The van der Waals surface area contributed by atoms with Gasteiger partial charge in [0.05, 0.1) is 6.04 Å². The highest BCUT2D eigenvalue weighted by molar-refractivity contribution is 5.94. The Morgan fingerprint density at radius 3 is 2.05 bits per heavy atom. The van der Waals surface area contributed by atoms with Gasteiger partial charge in [-0.05, 0) is 41.7 Å². The van der Waals surface area contributed by atoms with Crippen molar-refractivity contribution in [1.82, 2.24) is 20.9 Å². The van der Waals surface area contributed by atoms with Crippen molar-refractivity contribution in [2.75, 3.05) is 0 Å². The topological polar surface area (TPSA) is 224 Å². The molecule has 4 unspecified atom stereocenters. The fourth-order valence-electron chi connectivity index (χ4n) is 4.45. The molecule has 2 aromatic carbocycles.